The lowest BCUT2D eigenvalue weighted by molar-refractivity contribution is 0.601. The molecule has 3 aromatic rings. The van der Waals surface area contributed by atoms with Crippen molar-refractivity contribution in [2.24, 2.45) is 0 Å². The number of anilines is 2. The summed E-state index contributed by atoms with van der Waals surface area (Å²) in [6.45, 7) is 0.745. The van der Waals surface area contributed by atoms with Crippen LogP contribution in [0.5, 0.6) is 0 Å². The van der Waals surface area contributed by atoms with Crippen LogP contribution in [0.2, 0.25) is 5.02 Å². The van der Waals surface area contributed by atoms with Crippen molar-refractivity contribution in [3.8, 4) is 0 Å². The molecule has 2 aromatic carbocycles. The lowest BCUT2D eigenvalue weighted by atomic mass is 10.2. The fourth-order valence-electron chi connectivity index (χ4n) is 2.91. The second-order valence-electron chi connectivity index (χ2n) is 6.40. The summed E-state index contributed by atoms with van der Waals surface area (Å²) in [4.78, 5) is 6.34. The van der Waals surface area contributed by atoms with Gasteiger partial charge in [0.05, 0.1) is 15.6 Å². The Balaban J connectivity index is 1.60. The largest absolute Gasteiger partial charge is 0.363 e. The van der Waals surface area contributed by atoms with Gasteiger partial charge in [-0.1, -0.05) is 41.9 Å². The molecule has 0 spiro atoms. The van der Waals surface area contributed by atoms with E-state index in [0.717, 1.165) is 25.1 Å². The first-order valence-corrected chi connectivity index (χ1v) is 11.3. The third kappa shape index (κ3) is 4.26. The second kappa shape index (κ2) is 7.50. The molecule has 1 saturated carbocycles. The van der Waals surface area contributed by atoms with Gasteiger partial charge in [0, 0.05) is 24.2 Å². The summed E-state index contributed by atoms with van der Waals surface area (Å²) in [5.41, 5.74) is 2.05. The highest BCUT2D eigenvalue weighted by Gasteiger charge is 2.31. The molecule has 1 aliphatic carbocycles. The number of thiazole rings is 1. The first-order valence-electron chi connectivity index (χ1n) is 8.55. The first-order chi connectivity index (χ1) is 13.0. The van der Waals surface area contributed by atoms with Gasteiger partial charge in [0.2, 0.25) is 0 Å². The summed E-state index contributed by atoms with van der Waals surface area (Å²) in [7, 11) is -3.72. The number of benzene rings is 2. The maximum Gasteiger partial charge on any atom is 0.263 e. The predicted molar refractivity (Wildman–Crippen MR) is 110 cm³/mol. The Kier molecular flexibility index (Phi) is 5.08. The number of hydrogen-bond acceptors (Lipinski definition) is 5. The molecule has 8 heteroatoms. The van der Waals surface area contributed by atoms with Crippen LogP contribution in [0, 0.1) is 0 Å². The summed E-state index contributed by atoms with van der Waals surface area (Å²) in [5, 5.41) is 2.48. The number of rotatable bonds is 7. The minimum atomic E-state index is -3.72. The average Bonchev–Trinajstić information content (AvgIpc) is 3.38. The Hall–Kier alpha value is -2.09. The van der Waals surface area contributed by atoms with Crippen LogP contribution < -0.4 is 9.62 Å². The zero-order valence-electron chi connectivity index (χ0n) is 14.4. The van der Waals surface area contributed by atoms with E-state index in [1.54, 1.807) is 23.7 Å². The van der Waals surface area contributed by atoms with Crippen molar-refractivity contribution in [2.45, 2.75) is 30.3 Å². The van der Waals surface area contributed by atoms with E-state index in [1.807, 2.05) is 18.2 Å². The Morgan fingerprint density at radius 3 is 2.59 bits per heavy atom. The summed E-state index contributed by atoms with van der Waals surface area (Å²) in [6.07, 6.45) is 3.79. The van der Waals surface area contributed by atoms with Crippen LogP contribution >= 0.6 is 22.9 Å². The van der Waals surface area contributed by atoms with Crippen LogP contribution in [0.4, 0.5) is 10.8 Å². The Labute approximate surface area is 167 Å². The van der Waals surface area contributed by atoms with Gasteiger partial charge in [0.1, 0.15) is 0 Å². The summed E-state index contributed by atoms with van der Waals surface area (Å²) in [5.74, 6) is 0. The van der Waals surface area contributed by atoms with E-state index in [2.05, 4.69) is 26.7 Å². The number of nitrogens with one attached hydrogen (secondary N) is 1. The molecule has 0 bridgehead atoms. The molecule has 0 unspecified atom stereocenters. The van der Waals surface area contributed by atoms with Crippen molar-refractivity contribution in [1.82, 2.24) is 4.98 Å². The summed E-state index contributed by atoms with van der Waals surface area (Å²) < 4.78 is 27.6. The van der Waals surface area contributed by atoms with E-state index < -0.39 is 10.0 Å². The maximum absolute atomic E-state index is 12.6. The van der Waals surface area contributed by atoms with E-state index in [9.17, 15) is 8.42 Å². The van der Waals surface area contributed by atoms with Gasteiger partial charge in [0.15, 0.2) is 5.13 Å². The van der Waals surface area contributed by atoms with Crippen molar-refractivity contribution >= 4 is 43.8 Å². The normalized spacial score (nSPS) is 14.1. The number of hydrogen-bond donors (Lipinski definition) is 1. The molecule has 1 heterocycles. The van der Waals surface area contributed by atoms with Gasteiger partial charge in [-0.05, 0) is 36.6 Å². The van der Waals surface area contributed by atoms with E-state index in [0.29, 0.717) is 16.2 Å². The highest BCUT2D eigenvalue weighted by atomic mass is 35.5. The Morgan fingerprint density at radius 2 is 1.96 bits per heavy atom. The lowest BCUT2D eigenvalue weighted by Gasteiger charge is -2.26. The van der Waals surface area contributed by atoms with E-state index in [-0.39, 0.29) is 4.90 Å². The molecule has 0 amide bonds. The van der Waals surface area contributed by atoms with Crippen LogP contribution in [-0.4, -0.2) is 19.4 Å². The minimum Gasteiger partial charge on any atom is -0.363 e. The van der Waals surface area contributed by atoms with Gasteiger partial charge >= 0.3 is 0 Å². The van der Waals surface area contributed by atoms with Crippen molar-refractivity contribution < 1.29 is 8.42 Å². The quantitative estimate of drug-likeness (QED) is 0.599. The Morgan fingerprint density at radius 1 is 1.19 bits per heavy atom. The molecule has 140 valence electrons. The van der Waals surface area contributed by atoms with Crippen LogP contribution in [0.1, 0.15) is 18.4 Å². The molecular formula is C19H18ClN3O2S2. The Bertz CT molecular complexity index is 1020. The molecule has 0 saturated heterocycles. The second-order valence-corrected chi connectivity index (χ2v) is 9.38. The van der Waals surface area contributed by atoms with Gasteiger partial charge in [-0.15, -0.1) is 11.3 Å². The maximum atomic E-state index is 12.6. The predicted octanol–water partition coefficient (Wildman–Crippen LogP) is 4.77. The highest BCUT2D eigenvalue weighted by Crippen LogP contribution is 2.38. The van der Waals surface area contributed by atoms with Crippen LogP contribution in [0.25, 0.3) is 0 Å². The average molecular weight is 420 g/mol. The van der Waals surface area contributed by atoms with Crippen molar-refractivity contribution in [2.75, 3.05) is 9.62 Å². The smallest absolute Gasteiger partial charge is 0.263 e. The highest BCUT2D eigenvalue weighted by molar-refractivity contribution is 7.93. The zero-order valence-corrected chi connectivity index (χ0v) is 16.8. The van der Waals surface area contributed by atoms with Crippen molar-refractivity contribution in [3.63, 3.8) is 0 Å². The van der Waals surface area contributed by atoms with Gasteiger partial charge in [-0.25, -0.2) is 13.4 Å². The first kappa shape index (κ1) is 18.3. The fraction of sp³-hybridized carbons (Fsp3) is 0.211. The molecule has 1 N–H and O–H groups in total. The molecule has 0 radical (unpaired) electrons. The molecule has 1 aliphatic rings. The molecule has 0 atom stereocenters. The number of halogens is 1. The zero-order chi connectivity index (χ0) is 18.9. The third-order valence-electron chi connectivity index (χ3n) is 4.38. The molecule has 1 fully saturated rings. The molecule has 5 nitrogen and oxygen atoms in total. The molecule has 27 heavy (non-hydrogen) atoms. The van der Waals surface area contributed by atoms with Crippen LogP contribution in [0.3, 0.4) is 0 Å². The number of nitrogens with zero attached hydrogens (tertiary/aromatic N) is 2. The summed E-state index contributed by atoms with van der Waals surface area (Å²) in [6, 6.07) is 15.5. The van der Waals surface area contributed by atoms with E-state index >= 15 is 0 Å². The SMILES string of the molecule is O=S(=O)(Nc1nccs1)c1ccc(N(Cc2ccccc2)C2CC2)c(Cl)c1. The third-order valence-corrected chi connectivity index (χ3v) is 6.83. The van der Waals surface area contributed by atoms with Crippen molar-refractivity contribution in [1.29, 1.82) is 0 Å². The monoisotopic (exact) mass is 419 g/mol. The van der Waals surface area contributed by atoms with Gasteiger partial charge < -0.3 is 4.90 Å². The number of sulfonamides is 1. The lowest BCUT2D eigenvalue weighted by Crippen LogP contribution is -2.25. The molecule has 1 aromatic heterocycles. The van der Waals surface area contributed by atoms with Crippen LogP contribution in [-0.2, 0) is 16.6 Å². The van der Waals surface area contributed by atoms with E-state index in [1.165, 1.54) is 23.0 Å². The molecule has 0 aliphatic heterocycles. The van der Waals surface area contributed by atoms with E-state index in [4.69, 9.17) is 11.6 Å². The topological polar surface area (TPSA) is 62.3 Å². The van der Waals surface area contributed by atoms with Gasteiger partial charge in [-0.3, -0.25) is 4.72 Å². The molecule has 4 rings (SSSR count). The minimum absolute atomic E-state index is 0.127. The standard InChI is InChI=1S/C19H18ClN3O2S2/c20-17-12-16(27(24,25)22-19-21-10-11-26-19)8-9-18(17)23(15-6-7-15)13-14-4-2-1-3-5-14/h1-5,8-12,15H,6-7,13H2,(H,21,22). The fourth-order valence-corrected chi connectivity index (χ4v) is 5.08. The number of aromatic nitrogens is 1. The van der Waals surface area contributed by atoms with Crippen LogP contribution in [0.15, 0.2) is 65.0 Å². The van der Waals surface area contributed by atoms with Crippen molar-refractivity contribution in [3.05, 3.63) is 70.7 Å². The van der Waals surface area contributed by atoms with Gasteiger partial charge in [0.25, 0.3) is 10.0 Å². The molecular weight excluding hydrogens is 402 g/mol. The van der Waals surface area contributed by atoms with Gasteiger partial charge in [-0.2, -0.15) is 0 Å². The summed E-state index contributed by atoms with van der Waals surface area (Å²) >= 11 is 7.73.